The molecular weight excluding hydrogens is 360 g/mol. The van der Waals surface area contributed by atoms with Gasteiger partial charge >= 0.3 is 0 Å². The molecule has 0 aliphatic heterocycles. The monoisotopic (exact) mass is 376 g/mol. The van der Waals surface area contributed by atoms with Gasteiger partial charge in [0.25, 0.3) is 0 Å². The molecular formula is C25H16N2S. The summed E-state index contributed by atoms with van der Waals surface area (Å²) in [6.45, 7) is 2.06. The summed E-state index contributed by atoms with van der Waals surface area (Å²) >= 11 is 1.83. The van der Waals surface area contributed by atoms with Crippen LogP contribution in [-0.4, -0.2) is 9.97 Å². The topological polar surface area (TPSA) is 25.8 Å². The molecule has 0 N–H and O–H groups in total. The predicted octanol–water partition coefficient (Wildman–Crippen LogP) is 7.13. The van der Waals surface area contributed by atoms with Crippen molar-refractivity contribution in [2.75, 3.05) is 0 Å². The highest BCUT2D eigenvalue weighted by Crippen LogP contribution is 2.40. The van der Waals surface area contributed by atoms with Crippen molar-refractivity contribution < 1.29 is 0 Å². The third-order valence-electron chi connectivity index (χ3n) is 5.37. The smallest absolute Gasteiger partial charge is 0.0936 e. The summed E-state index contributed by atoms with van der Waals surface area (Å²) < 4.78 is 2.59. The van der Waals surface area contributed by atoms with Gasteiger partial charge in [0, 0.05) is 25.7 Å². The summed E-state index contributed by atoms with van der Waals surface area (Å²) in [6.07, 6.45) is 0. The molecule has 0 spiro atoms. The first-order chi connectivity index (χ1) is 13.8. The molecule has 0 unspecified atom stereocenters. The van der Waals surface area contributed by atoms with Crippen LogP contribution in [0.2, 0.25) is 0 Å². The van der Waals surface area contributed by atoms with E-state index in [1.54, 1.807) is 0 Å². The number of hydrogen-bond donors (Lipinski definition) is 0. The van der Waals surface area contributed by atoms with Crippen LogP contribution >= 0.6 is 11.3 Å². The molecule has 0 fully saturated rings. The Bertz CT molecular complexity index is 1530. The molecule has 3 heteroatoms. The number of thiophene rings is 1. The molecule has 2 aromatic heterocycles. The highest BCUT2D eigenvalue weighted by Gasteiger charge is 2.14. The first kappa shape index (κ1) is 15.7. The van der Waals surface area contributed by atoms with E-state index in [0.717, 1.165) is 22.4 Å². The lowest BCUT2D eigenvalue weighted by molar-refractivity contribution is 1.20. The number of benzene rings is 4. The minimum Gasteiger partial charge on any atom is -0.249 e. The third kappa shape index (κ3) is 2.26. The Morgan fingerprint density at radius 1 is 0.679 bits per heavy atom. The second-order valence-corrected chi connectivity index (χ2v) is 8.18. The minimum absolute atomic E-state index is 0.942. The molecule has 0 aliphatic carbocycles. The number of aromatic nitrogens is 2. The number of aryl methyl sites for hydroxylation is 1. The van der Waals surface area contributed by atoms with Crippen molar-refractivity contribution >= 4 is 53.3 Å². The molecule has 0 atom stereocenters. The van der Waals surface area contributed by atoms with Crippen LogP contribution in [0.4, 0.5) is 0 Å². The van der Waals surface area contributed by atoms with Gasteiger partial charge in [-0.25, -0.2) is 9.97 Å². The Balaban J connectivity index is 1.67. The fourth-order valence-corrected chi connectivity index (χ4v) is 5.24. The molecule has 6 aromatic rings. The second kappa shape index (κ2) is 5.85. The number of nitrogens with zero attached hydrogens (tertiary/aromatic N) is 2. The average molecular weight is 376 g/mol. The van der Waals surface area contributed by atoms with Crippen LogP contribution in [0.5, 0.6) is 0 Å². The van der Waals surface area contributed by atoms with Crippen LogP contribution in [0.1, 0.15) is 5.69 Å². The van der Waals surface area contributed by atoms with Crippen molar-refractivity contribution in [3.05, 3.63) is 84.6 Å². The van der Waals surface area contributed by atoms with Crippen molar-refractivity contribution in [1.82, 2.24) is 9.97 Å². The Hall–Kier alpha value is -3.30. The van der Waals surface area contributed by atoms with E-state index >= 15 is 0 Å². The largest absolute Gasteiger partial charge is 0.249 e. The zero-order valence-corrected chi connectivity index (χ0v) is 16.1. The average Bonchev–Trinajstić information content (AvgIpc) is 3.11. The lowest BCUT2D eigenvalue weighted by atomic mass is 10.0. The van der Waals surface area contributed by atoms with E-state index in [1.807, 2.05) is 11.3 Å². The molecule has 0 amide bonds. The summed E-state index contributed by atoms with van der Waals surface area (Å²) in [4.78, 5) is 9.96. The lowest BCUT2D eigenvalue weighted by Gasteiger charge is -2.09. The fraction of sp³-hybridized carbons (Fsp3) is 0.0400. The zero-order chi connectivity index (χ0) is 18.7. The molecule has 6 rings (SSSR count). The summed E-state index contributed by atoms with van der Waals surface area (Å²) in [6, 6.07) is 27.7. The third-order valence-corrected chi connectivity index (χ3v) is 6.59. The molecule has 0 radical (unpaired) electrons. The molecule has 28 heavy (non-hydrogen) atoms. The van der Waals surface area contributed by atoms with Gasteiger partial charge < -0.3 is 0 Å². The molecule has 0 saturated carbocycles. The van der Waals surface area contributed by atoms with E-state index in [-0.39, 0.29) is 0 Å². The van der Waals surface area contributed by atoms with Gasteiger partial charge in [0.05, 0.1) is 22.4 Å². The predicted molar refractivity (Wildman–Crippen MR) is 120 cm³/mol. The Labute approximate surface area is 166 Å². The van der Waals surface area contributed by atoms with Gasteiger partial charge in [-0.3, -0.25) is 0 Å². The lowest BCUT2D eigenvalue weighted by Crippen LogP contribution is -1.94. The Morgan fingerprint density at radius 2 is 1.36 bits per heavy atom. The molecule has 0 bridgehead atoms. The first-order valence-corrected chi connectivity index (χ1v) is 10.2. The molecule has 132 valence electrons. The molecule has 2 nitrogen and oxygen atoms in total. The Kier molecular flexibility index (Phi) is 3.28. The maximum Gasteiger partial charge on any atom is 0.0936 e. The van der Waals surface area contributed by atoms with E-state index in [4.69, 9.17) is 9.97 Å². The van der Waals surface area contributed by atoms with E-state index in [9.17, 15) is 0 Å². The van der Waals surface area contributed by atoms with Gasteiger partial charge in [0.15, 0.2) is 0 Å². The molecule has 4 aromatic carbocycles. The minimum atomic E-state index is 0.942. The number of fused-ring (bicyclic) bond motifs is 5. The summed E-state index contributed by atoms with van der Waals surface area (Å²) in [5.41, 5.74) is 4.99. The molecule has 0 aliphatic rings. The standard InChI is InChI=1S/C25H16N2S/c1-15-24(27-22-14-17-8-3-2-7-16(17)13-21(22)26-15)20-11-6-10-19-18-9-4-5-12-23(18)28-25(19)20/h2-14H,1H3. The van der Waals surface area contributed by atoms with Crippen molar-refractivity contribution in [3.63, 3.8) is 0 Å². The van der Waals surface area contributed by atoms with Crippen molar-refractivity contribution in [2.45, 2.75) is 6.92 Å². The van der Waals surface area contributed by atoms with E-state index in [0.29, 0.717) is 0 Å². The van der Waals surface area contributed by atoms with Gasteiger partial charge in [0.1, 0.15) is 0 Å². The van der Waals surface area contributed by atoms with Crippen molar-refractivity contribution in [1.29, 1.82) is 0 Å². The summed E-state index contributed by atoms with van der Waals surface area (Å²) in [5, 5.41) is 4.99. The first-order valence-electron chi connectivity index (χ1n) is 9.36. The second-order valence-electron chi connectivity index (χ2n) is 7.13. The summed E-state index contributed by atoms with van der Waals surface area (Å²) in [7, 11) is 0. The van der Waals surface area contributed by atoms with Crippen molar-refractivity contribution in [3.8, 4) is 11.3 Å². The maximum atomic E-state index is 5.06. The van der Waals surface area contributed by atoms with Crippen LogP contribution in [0, 0.1) is 6.92 Å². The van der Waals surface area contributed by atoms with Gasteiger partial charge in [-0.1, -0.05) is 60.7 Å². The van der Waals surface area contributed by atoms with Crippen molar-refractivity contribution in [2.24, 2.45) is 0 Å². The zero-order valence-electron chi connectivity index (χ0n) is 15.3. The van der Waals surface area contributed by atoms with Gasteiger partial charge in [-0.2, -0.15) is 0 Å². The highest BCUT2D eigenvalue weighted by atomic mass is 32.1. The van der Waals surface area contributed by atoms with Crippen LogP contribution < -0.4 is 0 Å². The van der Waals surface area contributed by atoms with Crippen LogP contribution in [0.3, 0.4) is 0 Å². The quantitative estimate of drug-likeness (QED) is 0.285. The number of rotatable bonds is 1. The SMILES string of the molecule is Cc1nc2cc3ccccc3cc2nc1-c1cccc2c1sc1ccccc12. The van der Waals surface area contributed by atoms with Gasteiger partial charge in [-0.05, 0) is 35.9 Å². The van der Waals surface area contributed by atoms with E-state index < -0.39 is 0 Å². The maximum absolute atomic E-state index is 5.06. The van der Waals surface area contributed by atoms with Crippen LogP contribution in [-0.2, 0) is 0 Å². The molecule has 2 heterocycles. The van der Waals surface area contributed by atoms with E-state index in [2.05, 4.69) is 85.8 Å². The molecule has 0 saturated heterocycles. The normalized spacial score (nSPS) is 11.8. The van der Waals surface area contributed by atoms with Crippen LogP contribution in [0.15, 0.2) is 78.9 Å². The van der Waals surface area contributed by atoms with Gasteiger partial charge in [-0.15, -0.1) is 11.3 Å². The van der Waals surface area contributed by atoms with Gasteiger partial charge in [0.2, 0.25) is 0 Å². The number of hydrogen-bond acceptors (Lipinski definition) is 3. The van der Waals surface area contributed by atoms with Crippen LogP contribution in [0.25, 0.3) is 53.2 Å². The highest BCUT2D eigenvalue weighted by molar-refractivity contribution is 7.26. The Morgan fingerprint density at radius 3 is 2.18 bits per heavy atom. The summed E-state index contributed by atoms with van der Waals surface area (Å²) in [5.74, 6) is 0. The fourth-order valence-electron chi connectivity index (χ4n) is 4.02. The van der Waals surface area contributed by atoms with E-state index in [1.165, 1.54) is 36.5 Å².